The fourth-order valence-electron chi connectivity index (χ4n) is 12.8. The summed E-state index contributed by atoms with van der Waals surface area (Å²) >= 11 is 0. The van der Waals surface area contributed by atoms with Gasteiger partial charge in [0.1, 0.15) is 0 Å². The van der Waals surface area contributed by atoms with E-state index in [1.54, 1.807) is 0 Å². The second kappa shape index (κ2) is 17.2. The maximum atomic E-state index is 2.50. The molecule has 0 radical (unpaired) electrons. The molecule has 12 aromatic carbocycles. The third kappa shape index (κ3) is 6.49. The quantitative estimate of drug-likeness (QED) is 0.139. The maximum absolute atomic E-state index is 2.50. The summed E-state index contributed by atoms with van der Waals surface area (Å²) in [5, 5.41) is 2.47. The van der Waals surface area contributed by atoms with Gasteiger partial charge in [-0.1, -0.05) is 261 Å². The van der Waals surface area contributed by atoms with Gasteiger partial charge in [-0.05, 0) is 131 Å². The molecule has 0 aromatic heterocycles. The number of hydrogen-bond donors (Lipinski definition) is 0. The molecular formula is C72H49N. The van der Waals surface area contributed by atoms with E-state index in [2.05, 4.69) is 302 Å². The average Bonchev–Trinajstić information content (AvgIpc) is 3.96. The van der Waals surface area contributed by atoms with Crippen LogP contribution in [-0.2, 0) is 10.8 Å². The molecule has 14 rings (SSSR count). The van der Waals surface area contributed by atoms with Crippen LogP contribution in [0, 0.1) is 0 Å². The highest BCUT2D eigenvalue weighted by molar-refractivity contribution is 6.00. The molecule has 0 heterocycles. The molecule has 1 nitrogen and oxygen atoms in total. The first-order chi connectivity index (χ1) is 36.2. The summed E-state index contributed by atoms with van der Waals surface area (Å²) in [6.45, 7) is 0. The molecule has 0 saturated carbocycles. The predicted molar refractivity (Wildman–Crippen MR) is 304 cm³/mol. The number of nitrogens with zero attached hydrogens (tertiary/aromatic N) is 1. The van der Waals surface area contributed by atoms with E-state index in [-0.39, 0.29) is 0 Å². The Morgan fingerprint density at radius 1 is 0.247 bits per heavy atom. The molecular weight excluding hydrogens is 879 g/mol. The molecule has 0 fully saturated rings. The van der Waals surface area contributed by atoms with Crippen molar-refractivity contribution >= 4 is 27.8 Å². The summed E-state index contributed by atoms with van der Waals surface area (Å²) in [5.41, 5.74) is 22.3. The lowest BCUT2D eigenvalue weighted by Gasteiger charge is -2.34. The third-order valence-corrected chi connectivity index (χ3v) is 15.8. The Morgan fingerprint density at radius 2 is 0.712 bits per heavy atom. The van der Waals surface area contributed by atoms with Crippen molar-refractivity contribution in [2.45, 2.75) is 10.8 Å². The van der Waals surface area contributed by atoms with Gasteiger partial charge in [0.05, 0.1) is 16.5 Å². The molecule has 0 atom stereocenters. The number of hydrogen-bond acceptors (Lipinski definition) is 1. The molecule has 1 heteroatoms. The van der Waals surface area contributed by atoms with Crippen molar-refractivity contribution < 1.29 is 0 Å². The predicted octanol–water partition coefficient (Wildman–Crippen LogP) is 18.4. The molecule has 0 amide bonds. The summed E-state index contributed by atoms with van der Waals surface area (Å²) < 4.78 is 0. The van der Waals surface area contributed by atoms with Crippen LogP contribution < -0.4 is 4.90 Å². The van der Waals surface area contributed by atoms with Gasteiger partial charge in [-0.3, -0.25) is 0 Å². The first kappa shape index (κ1) is 42.6. The van der Waals surface area contributed by atoms with Crippen molar-refractivity contribution in [2.75, 3.05) is 4.90 Å². The number of anilines is 3. The Balaban J connectivity index is 0.971. The van der Waals surface area contributed by atoms with E-state index in [0.29, 0.717) is 0 Å². The largest absolute Gasteiger partial charge is 0.310 e. The Morgan fingerprint density at radius 3 is 1.37 bits per heavy atom. The molecule has 342 valence electrons. The van der Waals surface area contributed by atoms with Crippen LogP contribution in [0.15, 0.2) is 297 Å². The van der Waals surface area contributed by atoms with Gasteiger partial charge in [0.15, 0.2) is 0 Å². The maximum Gasteiger partial charge on any atom is 0.0714 e. The van der Waals surface area contributed by atoms with Crippen molar-refractivity contribution in [3.05, 3.63) is 342 Å². The first-order valence-corrected chi connectivity index (χ1v) is 25.4. The monoisotopic (exact) mass is 927 g/mol. The Hall–Kier alpha value is -9.30. The first-order valence-electron chi connectivity index (χ1n) is 25.4. The molecule has 2 aliphatic carbocycles. The number of fused-ring (bicyclic) bond motifs is 7. The molecule has 0 aliphatic heterocycles. The fraction of sp³-hybridized carbons (Fsp3) is 0.0278. The van der Waals surface area contributed by atoms with Crippen LogP contribution in [0.2, 0.25) is 0 Å². The van der Waals surface area contributed by atoms with E-state index in [1.165, 1.54) is 94.2 Å². The van der Waals surface area contributed by atoms with Crippen LogP contribution in [0.5, 0.6) is 0 Å². The van der Waals surface area contributed by atoms with Crippen molar-refractivity contribution in [2.24, 2.45) is 0 Å². The zero-order valence-electron chi connectivity index (χ0n) is 40.2. The smallest absolute Gasteiger partial charge is 0.0714 e. The molecule has 73 heavy (non-hydrogen) atoms. The topological polar surface area (TPSA) is 3.24 Å². The lowest BCUT2D eigenvalue weighted by atomic mass is 9.67. The summed E-state index contributed by atoms with van der Waals surface area (Å²) in [4.78, 5) is 2.50. The normalized spacial score (nSPS) is 13.4. The molecule has 0 unspecified atom stereocenters. The van der Waals surface area contributed by atoms with Crippen LogP contribution in [0.25, 0.3) is 55.3 Å². The summed E-state index contributed by atoms with van der Waals surface area (Å²) in [7, 11) is 0. The SMILES string of the molecule is c1ccc(C2(c3ccccc3)c3ccccc3-c3ccc(-c4ccc(N(c5cccc(-c6cccc7ccccc67)c5)c5cccc6c5-c5ccccc5C6(c5ccccc5)c5ccccc5)cc4)cc32)cc1. The summed E-state index contributed by atoms with van der Waals surface area (Å²) in [6.07, 6.45) is 0. The Labute approximate surface area is 427 Å². The molecule has 0 N–H and O–H groups in total. The van der Waals surface area contributed by atoms with E-state index in [0.717, 1.165) is 22.6 Å². The van der Waals surface area contributed by atoms with E-state index in [4.69, 9.17) is 0 Å². The van der Waals surface area contributed by atoms with E-state index in [9.17, 15) is 0 Å². The van der Waals surface area contributed by atoms with Crippen molar-refractivity contribution in [1.82, 2.24) is 0 Å². The highest BCUT2D eigenvalue weighted by Crippen LogP contribution is 2.60. The fourth-order valence-corrected chi connectivity index (χ4v) is 12.8. The van der Waals surface area contributed by atoms with Crippen molar-refractivity contribution in [3.63, 3.8) is 0 Å². The minimum atomic E-state index is -0.535. The van der Waals surface area contributed by atoms with Gasteiger partial charge in [0, 0.05) is 16.9 Å². The zero-order valence-corrected chi connectivity index (χ0v) is 40.2. The summed E-state index contributed by atoms with van der Waals surface area (Å²) in [6, 6.07) is 110. The summed E-state index contributed by atoms with van der Waals surface area (Å²) in [5.74, 6) is 0. The van der Waals surface area contributed by atoms with Crippen LogP contribution in [-0.4, -0.2) is 0 Å². The Bertz CT molecular complexity index is 3920. The standard InChI is InChI=1S/C72H49N/c1-5-25-54(26-6-1)71(55-27-7-2-8-28-55)66-39-18-16-36-64(66)70-67(71)40-21-41-69(70)73(59-33-19-24-53(48-59)61-37-20-23-51-22-13-14-34-60(51)61)58-45-42-50(43-46-58)52-44-47-63-62-35-15-17-38-65(62)72(68(63)49-52,56-29-9-3-10-30-56)57-31-11-4-12-32-57/h1-49H. The minimum Gasteiger partial charge on any atom is -0.310 e. The molecule has 0 spiro atoms. The lowest BCUT2D eigenvalue weighted by molar-refractivity contribution is 0.768. The molecule has 12 aromatic rings. The molecule has 0 saturated heterocycles. The van der Waals surface area contributed by atoms with Crippen LogP contribution in [0.4, 0.5) is 17.1 Å². The van der Waals surface area contributed by atoms with Gasteiger partial charge >= 0.3 is 0 Å². The van der Waals surface area contributed by atoms with Gasteiger partial charge in [0.25, 0.3) is 0 Å². The number of benzene rings is 12. The van der Waals surface area contributed by atoms with Gasteiger partial charge < -0.3 is 4.90 Å². The molecule has 2 aliphatic rings. The van der Waals surface area contributed by atoms with Crippen molar-refractivity contribution in [1.29, 1.82) is 0 Å². The van der Waals surface area contributed by atoms with Gasteiger partial charge in [0.2, 0.25) is 0 Å². The van der Waals surface area contributed by atoms with Crippen LogP contribution in [0.1, 0.15) is 44.5 Å². The minimum absolute atomic E-state index is 0.477. The molecule has 0 bridgehead atoms. The highest BCUT2D eigenvalue weighted by Gasteiger charge is 2.48. The van der Waals surface area contributed by atoms with Gasteiger partial charge in [-0.2, -0.15) is 0 Å². The van der Waals surface area contributed by atoms with E-state index < -0.39 is 10.8 Å². The average molecular weight is 928 g/mol. The lowest BCUT2D eigenvalue weighted by Crippen LogP contribution is -2.28. The van der Waals surface area contributed by atoms with E-state index >= 15 is 0 Å². The third-order valence-electron chi connectivity index (χ3n) is 15.8. The van der Waals surface area contributed by atoms with Crippen molar-refractivity contribution in [3.8, 4) is 44.5 Å². The second-order valence-corrected chi connectivity index (χ2v) is 19.5. The second-order valence-electron chi connectivity index (χ2n) is 19.5. The van der Waals surface area contributed by atoms with E-state index in [1.807, 2.05) is 0 Å². The van der Waals surface area contributed by atoms with Crippen LogP contribution >= 0.6 is 0 Å². The van der Waals surface area contributed by atoms with Gasteiger partial charge in [-0.25, -0.2) is 0 Å². The Kier molecular flexibility index (Phi) is 10.0. The number of rotatable bonds is 9. The zero-order chi connectivity index (χ0) is 48.3. The van der Waals surface area contributed by atoms with Gasteiger partial charge in [-0.15, -0.1) is 0 Å². The van der Waals surface area contributed by atoms with Crippen LogP contribution in [0.3, 0.4) is 0 Å². The highest BCUT2D eigenvalue weighted by atomic mass is 15.1.